The minimum atomic E-state index is -4.43. The van der Waals surface area contributed by atoms with E-state index in [1.807, 2.05) is 12.1 Å². The molecule has 41 heavy (non-hydrogen) atoms. The summed E-state index contributed by atoms with van der Waals surface area (Å²) in [5.74, 6) is 5.58. The molecular weight excluding hydrogens is 531 g/mol. The van der Waals surface area contributed by atoms with Gasteiger partial charge in [-0.1, -0.05) is 18.1 Å². The maximum atomic E-state index is 13.4. The average Bonchev–Trinajstić information content (AvgIpc) is 3.29. The number of likely N-dealkylation sites (N-methyl/N-ethyl adjacent to an activating group) is 2. The number of carbonyl (C=O) groups is 1. The van der Waals surface area contributed by atoms with E-state index in [2.05, 4.69) is 42.3 Å². The third-order valence-corrected chi connectivity index (χ3v) is 10.0. The predicted molar refractivity (Wildman–Crippen MR) is 149 cm³/mol. The largest absolute Gasteiger partial charge is 0.504 e. The van der Waals surface area contributed by atoms with E-state index >= 15 is 0 Å². The van der Waals surface area contributed by atoms with Crippen molar-refractivity contribution >= 4 is 5.91 Å². The standard InChI is InChI=1S/C32H34F3N3O3/c1-5-17-38-18-16-30-27-21-9-12-24(39)28(27)41-29(30)23(14-15-31(30,36(2)3)25(38)19-21)37(4)26(40)13-8-20-6-10-22(11-7-20)32(33,34)35/h5-7,9-12,23,25,29,39H,1,14-19H2,2-4H3/t23-,25+,29-,30-,31+/m0/s1. The van der Waals surface area contributed by atoms with Gasteiger partial charge in [0, 0.05) is 42.2 Å². The monoisotopic (exact) mass is 565 g/mol. The molecule has 1 N–H and O–H groups in total. The van der Waals surface area contributed by atoms with E-state index in [1.165, 1.54) is 17.7 Å². The zero-order valence-electron chi connectivity index (χ0n) is 23.5. The number of ether oxygens (including phenoxy) is 1. The topological polar surface area (TPSA) is 56.3 Å². The summed E-state index contributed by atoms with van der Waals surface area (Å²) in [7, 11) is 5.97. The molecule has 2 aromatic rings. The summed E-state index contributed by atoms with van der Waals surface area (Å²) in [6.07, 6.45) is 0.269. The minimum absolute atomic E-state index is 0.113. The molecule has 1 saturated carbocycles. The minimum Gasteiger partial charge on any atom is -0.504 e. The Hall–Kier alpha value is -3.48. The number of alkyl halides is 3. The maximum absolute atomic E-state index is 13.4. The fourth-order valence-corrected chi connectivity index (χ4v) is 8.41. The first-order valence-corrected chi connectivity index (χ1v) is 14.0. The van der Waals surface area contributed by atoms with Crippen molar-refractivity contribution in [2.75, 3.05) is 34.2 Å². The molecule has 2 aliphatic heterocycles. The van der Waals surface area contributed by atoms with Crippen molar-refractivity contribution in [2.24, 2.45) is 0 Å². The Morgan fingerprint density at radius 3 is 2.59 bits per heavy atom. The first kappa shape index (κ1) is 27.7. The van der Waals surface area contributed by atoms with Crippen molar-refractivity contribution in [3.8, 4) is 23.3 Å². The molecule has 2 aromatic carbocycles. The number of benzene rings is 2. The smallest absolute Gasteiger partial charge is 0.416 e. The zero-order valence-corrected chi connectivity index (χ0v) is 23.5. The van der Waals surface area contributed by atoms with E-state index < -0.39 is 29.2 Å². The van der Waals surface area contributed by atoms with E-state index in [0.717, 1.165) is 50.0 Å². The second-order valence-corrected chi connectivity index (χ2v) is 11.9. The highest BCUT2D eigenvalue weighted by Gasteiger charge is 2.74. The molecule has 216 valence electrons. The zero-order chi connectivity index (χ0) is 29.3. The van der Waals surface area contributed by atoms with Crippen LogP contribution < -0.4 is 4.74 Å². The fourth-order valence-electron chi connectivity index (χ4n) is 8.41. The van der Waals surface area contributed by atoms with Crippen molar-refractivity contribution in [3.63, 3.8) is 0 Å². The number of phenolic OH excluding ortho intramolecular Hbond substituents is 1. The number of aromatic hydroxyl groups is 1. The van der Waals surface area contributed by atoms with Crippen LogP contribution in [0.3, 0.4) is 0 Å². The second kappa shape index (κ2) is 9.53. The number of nitrogens with zero attached hydrogens (tertiary/aromatic N) is 3. The van der Waals surface area contributed by atoms with E-state index in [9.17, 15) is 23.1 Å². The Labute approximate surface area is 238 Å². The van der Waals surface area contributed by atoms with Crippen LogP contribution in [0.25, 0.3) is 0 Å². The SMILES string of the molecule is C=CCN1CC[C@]23c4c5ccc(O)c4O[C@H]2[C@@H](N(C)C(=O)C#Cc2ccc(C(F)(F)F)cc2)CC[C@@]3(N(C)C)[C@H]1C5. The third kappa shape index (κ3) is 3.84. The Bertz CT molecular complexity index is 1460. The van der Waals surface area contributed by atoms with Crippen molar-refractivity contribution in [2.45, 2.75) is 61.0 Å². The molecule has 1 saturated heterocycles. The van der Waals surface area contributed by atoms with Crippen LogP contribution in [0.1, 0.15) is 41.5 Å². The molecule has 4 aliphatic rings. The number of amides is 1. The normalized spacial score (nSPS) is 29.7. The second-order valence-electron chi connectivity index (χ2n) is 11.9. The van der Waals surface area contributed by atoms with Crippen LogP contribution in [-0.4, -0.2) is 83.7 Å². The van der Waals surface area contributed by atoms with Gasteiger partial charge in [-0.2, -0.15) is 13.2 Å². The van der Waals surface area contributed by atoms with Crippen molar-refractivity contribution in [3.05, 3.63) is 71.3 Å². The molecule has 9 heteroatoms. The van der Waals surface area contributed by atoms with Gasteiger partial charge >= 0.3 is 6.18 Å². The Kier molecular flexibility index (Phi) is 6.44. The third-order valence-electron chi connectivity index (χ3n) is 10.0. The molecule has 0 unspecified atom stereocenters. The molecule has 1 amide bonds. The summed E-state index contributed by atoms with van der Waals surface area (Å²) in [5.41, 5.74) is 1.09. The lowest BCUT2D eigenvalue weighted by Crippen LogP contribution is -2.82. The number of piperidine rings is 1. The molecule has 2 bridgehead atoms. The molecule has 2 heterocycles. The number of likely N-dealkylation sites (tertiary alicyclic amines) is 1. The Balaban J connectivity index is 1.37. The summed E-state index contributed by atoms with van der Waals surface area (Å²) in [4.78, 5) is 19.9. The molecule has 6 rings (SSSR count). The summed E-state index contributed by atoms with van der Waals surface area (Å²) in [6, 6.07) is 8.10. The van der Waals surface area contributed by atoms with Gasteiger partial charge in [0.1, 0.15) is 6.10 Å². The molecule has 2 aliphatic carbocycles. The van der Waals surface area contributed by atoms with Crippen molar-refractivity contribution < 1.29 is 27.8 Å². The summed E-state index contributed by atoms with van der Waals surface area (Å²) >= 11 is 0. The van der Waals surface area contributed by atoms with Gasteiger partial charge in [0.05, 0.1) is 17.0 Å². The van der Waals surface area contributed by atoms with Crippen LogP contribution in [0.2, 0.25) is 0 Å². The highest BCUT2D eigenvalue weighted by molar-refractivity contribution is 5.94. The lowest BCUT2D eigenvalue weighted by molar-refractivity contribution is -0.158. The van der Waals surface area contributed by atoms with E-state index in [0.29, 0.717) is 17.7 Å². The lowest BCUT2D eigenvalue weighted by Gasteiger charge is -2.69. The molecule has 0 radical (unpaired) electrons. The van der Waals surface area contributed by atoms with Gasteiger partial charge in [-0.15, -0.1) is 6.58 Å². The van der Waals surface area contributed by atoms with Crippen LogP contribution in [-0.2, 0) is 22.8 Å². The first-order valence-electron chi connectivity index (χ1n) is 14.0. The number of hydrogen-bond donors (Lipinski definition) is 1. The highest BCUT2D eigenvalue weighted by Crippen LogP contribution is 2.67. The van der Waals surface area contributed by atoms with Crippen LogP contribution in [0.5, 0.6) is 11.5 Å². The Morgan fingerprint density at radius 2 is 1.93 bits per heavy atom. The van der Waals surface area contributed by atoms with Gasteiger partial charge in [0.2, 0.25) is 0 Å². The molecule has 5 atom stereocenters. The van der Waals surface area contributed by atoms with Crippen LogP contribution in [0.15, 0.2) is 49.1 Å². The van der Waals surface area contributed by atoms with Crippen molar-refractivity contribution in [1.29, 1.82) is 0 Å². The lowest BCUT2D eigenvalue weighted by atomic mass is 9.46. The average molecular weight is 566 g/mol. The molecule has 6 nitrogen and oxygen atoms in total. The van der Waals surface area contributed by atoms with Crippen LogP contribution in [0.4, 0.5) is 13.2 Å². The van der Waals surface area contributed by atoms with Gasteiger partial charge in [0.25, 0.3) is 5.91 Å². The molecule has 0 aromatic heterocycles. The van der Waals surface area contributed by atoms with Gasteiger partial charge < -0.3 is 19.6 Å². The quantitative estimate of drug-likeness (QED) is 0.445. The number of hydrogen-bond acceptors (Lipinski definition) is 5. The van der Waals surface area contributed by atoms with Gasteiger partial charge in [-0.3, -0.25) is 9.69 Å². The fraction of sp³-hybridized carbons (Fsp3) is 0.469. The number of phenols is 1. The number of rotatable bonds is 4. The summed E-state index contributed by atoms with van der Waals surface area (Å²) in [6.45, 7) is 5.63. The highest BCUT2D eigenvalue weighted by atomic mass is 19.4. The van der Waals surface area contributed by atoms with Gasteiger partial charge in [-0.25, -0.2) is 0 Å². The van der Waals surface area contributed by atoms with E-state index in [1.54, 1.807) is 18.0 Å². The molecule has 1 spiro atoms. The first-order chi connectivity index (χ1) is 19.5. The van der Waals surface area contributed by atoms with E-state index in [4.69, 9.17) is 4.74 Å². The van der Waals surface area contributed by atoms with Crippen molar-refractivity contribution in [1.82, 2.24) is 14.7 Å². The summed E-state index contributed by atoms with van der Waals surface area (Å²) < 4.78 is 45.5. The van der Waals surface area contributed by atoms with Gasteiger partial charge in [0.15, 0.2) is 11.5 Å². The molecule has 2 fully saturated rings. The van der Waals surface area contributed by atoms with Gasteiger partial charge in [-0.05, 0) is 82.2 Å². The van der Waals surface area contributed by atoms with E-state index in [-0.39, 0.29) is 23.4 Å². The van der Waals surface area contributed by atoms with Crippen LogP contribution in [0, 0.1) is 11.8 Å². The number of halogens is 3. The predicted octanol–water partition coefficient (Wildman–Crippen LogP) is 4.20. The molecular formula is C32H34F3N3O3. The summed E-state index contributed by atoms with van der Waals surface area (Å²) in [5, 5.41) is 10.9. The Morgan fingerprint density at radius 1 is 1.20 bits per heavy atom. The number of carbonyl (C=O) groups excluding carboxylic acids is 1. The van der Waals surface area contributed by atoms with Crippen LogP contribution >= 0.6 is 0 Å². The maximum Gasteiger partial charge on any atom is 0.416 e.